The van der Waals surface area contributed by atoms with Crippen molar-refractivity contribution in [3.63, 3.8) is 0 Å². The number of amides is 6. The van der Waals surface area contributed by atoms with E-state index < -0.39 is 84.2 Å². The smallest absolute Gasteiger partial charge is 0.326 e. The lowest BCUT2D eigenvalue weighted by Crippen LogP contribution is -2.58. The van der Waals surface area contributed by atoms with Crippen molar-refractivity contribution in [2.24, 2.45) is 23.5 Å². The van der Waals surface area contributed by atoms with Crippen LogP contribution in [0, 0.1) is 17.8 Å². The van der Waals surface area contributed by atoms with Crippen LogP contribution in [-0.4, -0.2) is 107 Å². The number of benzene rings is 1. The molecule has 1 aliphatic rings. The summed E-state index contributed by atoms with van der Waals surface area (Å²) < 4.78 is 0. The first kappa shape index (κ1) is 45.0. The van der Waals surface area contributed by atoms with Gasteiger partial charge in [0.05, 0.1) is 12.6 Å². The van der Waals surface area contributed by atoms with E-state index in [9.17, 15) is 38.7 Å². The van der Waals surface area contributed by atoms with Crippen LogP contribution in [0.2, 0.25) is 0 Å². The Kier molecular flexibility index (Phi) is 18.8. The van der Waals surface area contributed by atoms with Crippen LogP contribution in [0.4, 0.5) is 0 Å². The monoisotopic (exact) mass is 761 g/mol. The molecule has 0 aliphatic carbocycles. The zero-order chi connectivity index (χ0) is 39.8. The van der Waals surface area contributed by atoms with Crippen LogP contribution in [0.3, 0.4) is 0 Å². The predicted molar refractivity (Wildman–Crippen MR) is 203 cm³/mol. The number of carboxylic acids is 1. The van der Waals surface area contributed by atoms with E-state index in [1.165, 1.54) is 4.90 Å². The van der Waals surface area contributed by atoms with Gasteiger partial charge in [-0.15, -0.1) is 0 Å². The molecule has 0 radical (unpaired) electrons. The Hall–Kier alpha value is -4.18. The van der Waals surface area contributed by atoms with Crippen LogP contribution in [-0.2, 0) is 40.0 Å². The summed E-state index contributed by atoms with van der Waals surface area (Å²) in [5.74, 6) is -4.97. The Morgan fingerprint density at radius 3 is 2.00 bits per heavy atom. The first-order valence-corrected chi connectivity index (χ1v) is 19.0. The van der Waals surface area contributed by atoms with Gasteiger partial charge < -0.3 is 42.3 Å². The van der Waals surface area contributed by atoms with Crippen molar-refractivity contribution in [1.82, 2.24) is 31.5 Å². The number of carbonyl (C=O) groups is 7. The average molecular weight is 762 g/mol. The van der Waals surface area contributed by atoms with E-state index in [0.717, 1.165) is 5.56 Å². The number of nitrogens with two attached hydrogens (primary N) is 1. The van der Waals surface area contributed by atoms with Gasteiger partial charge in [-0.3, -0.25) is 28.8 Å². The normalized spacial score (nSPS) is 17.5. The van der Waals surface area contributed by atoms with Gasteiger partial charge in [-0.2, -0.15) is 12.6 Å². The van der Waals surface area contributed by atoms with Gasteiger partial charge >= 0.3 is 5.97 Å². The number of aliphatic carboxylic acids is 1. The molecule has 2 rings (SSSR count). The molecule has 7 atom stereocenters. The van der Waals surface area contributed by atoms with Crippen LogP contribution in [0.5, 0.6) is 0 Å². The highest BCUT2D eigenvalue weighted by molar-refractivity contribution is 7.80. The van der Waals surface area contributed by atoms with E-state index >= 15 is 0 Å². The molecule has 1 fully saturated rings. The van der Waals surface area contributed by atoms with Gasteiger partial charge in [0.1, 0.15) is 30.2 Å². The fraction of sp³-hybridized carbons (Fsp3) is 0.649. The van der Waals surface area contributed by atoms with Crippen LogP contribution in [0.1, 0.15) is 79.2 Å². The molecule has 1 heterocycles. The van der Waals surface area contributed by atoms with Crippen LogP contribution in [0.25, 0.3) is 0 Å². The van der Waals surface area contributed by atoms with Crippen molar-refractivity contribution in [3.05, 3.63) is 35.9 Å². The Morgan fingerprint density at radius 2 is 1.43 bits per heavy atom. The fourth-order valence-electron chi connectivity index (χ4n) is 6.05. The summed E-state index contributed by atoms with van der Waals surface area (Å²) in [5.41, 5.74) is 6.82. The Bertz CT molecular complexity index is 1410. The summed E-state index contributed by atoms with van der Waals surface area (Å²) in [6.45, 7) is 11.0. The molecule has 0 unspecified atom stereocenters. The molecule has 296 valence electrons. The molecule has 53 heavy (non-hydrogen) atoms. The van der Waals surface area contributed by atoms with Crippen LogP contribution < -0.4 is 32.3 Å². The molecule has 1 aliphatic heterocycles. The van der Waals surface area contributed by atoms with E-state index in [1.807, 2.05) is 33.8 Å². The largest absolute Gasteiger partial charge is 0.480 e. The Labute approximate surface area is 318 Å². The van der Waals surface area contributed by atoms with Crippen molar-refractivity contribution in [2.75, 3.05) is 18.8 Å². The second kappa shape index (κ2) is 22.1. The number of thiol groups is 1. The van der Waals surface area contributed by atoms with Crippen molar-refractivity contribution < 1.29 is 38.7 Å². The van der Waals surface area contributed by atoms with Gasteiger partial charge in [0.2, 0.25) is 35.4 Å². The predicted octanol–water partition coefficient (Wildman–Crippen LogP) is 0.756. The van der Waals surface area contributed by atoms with E-state index in [1.54, 1.807) is 38.1 Å². The van der Waals surface area contributed by atoms with Crippen molar-refractivity contribution in [2.45, 2.75) is 116 Å². The topological polar surface area (TPSA) is 229 Å². The molecule has 0 saturated carbocycles. The van der Waals surface area contributed by atoms with Gasteiger partial charge in [0.15, 0.2) is 0 Å². The molecule has 1 saturated heterocycles. The summed E-state index contributed by atoms with van der Waals surface area (Å²) in [6, 6.07) is 2.92. The van der Waals surface area contributed by atoms with Crippen molar-refractivity contribution in [3.8, 4) is 0 Å². The summed E-state index contributed by atoms with van der Waals surface area (Å²) in [4.78, 5) is 92.7. The first-order valence-electron chi connectivity index (χ1n) is 18.4. The number of likely N-dealkylation sites (tertiary alicyclic amines) is 1. The van der Waals surface area contributed by atoms with Gasteiger partial charge in [0.25, 0.3) is 0 Å². The fourth-order valence-corrected chi connectivity index (χ4v) is 6.31. The number of carbonyl (C=O) groups excluding carboxylic acids is 6. The van der Waals surface area contributed by atoms with Gasteiger partial charge in [0, 0.05) is 18.7 Å². The lowest BCUT2D eigenvalue weighted by Gasteiger charge is -2.28. The molecule has 6 amide bonds. The number of nitrogens with zero attached hydrogens (tertiary/aromatic N) is 1. The maximum atomic E-state index is 13.6. The average Bonchev–Trinajstić information content (AvgIpc) is 3.61. The molecule has 1 aromatic rings. The zero-order valence-corrected chi connectivity index (χ0v) is 32.6. The second-order valence-electron chi connectivity index (χ2n) is 14.6. The molecule has 0 aromatic heterocycles. The SMILES string of the molecule is CC[C@H](C)[C@H](NC(=O)[C@H](CS)NC(=O)[C@@H]1CCCN1C(=O)CNC(=O)[C@H](Cc1ccccc1)NC(=O)[C@H](CC(C)C)NC(=O)[C@@H](N)CC(C)C)C(=O)O. The molecule has 16 heteroatoms. The minimum absolute atomic E-state index is 0.0286. The van der Waals surface area contributed by atoms with Gasteiger partial charge in [-0.05, 0) is 49.0 Å². The molecular weight excluding hydrogens is 703 g/mol. The third-order valence-corrected chi connectivity index (χ3v) is 9.56. The molecule has 1 aromatic carbocycles. The van der Waals surface area contributed by atoms with Crippen molar-refractivity contribution >= 4 is 54.0 Å². The molecule has 8 N–H and O–H groups in total. The highest BCUT2D eigenvalue weighted by atomic mass is 32.1. The number of nitrogens with one attached hydrogen (secondary N) is 5. The third-order valence-electron chi connectivity index (χ3n) is 9.20. The lowest BCUT2D eigenvalue weighted by atomic mass is 9.99. The van der Waals surface area contributed by atoms with E-state index in [4.69, 9.17) is 5.73 Å². The minimum atomic E-state index is -1.19. The van der Waals surface area contributed by atoms with Crippen LogP contribution >= 0.6 is 12.6 Å². The summed E-state index contributed by atoms with van der Waals surface area (Å²) in [6.07, 6.45) is 2.16. The van der Waals surface area contributed by atoms with Gasteiger partial charge in [-0.25, -0.2) is 4.79 Å². The van der Waals surface area contributed by atoms with Crippen LogP contribution in [0.15, 0.2) is 30.3 Å². The molecule has 0 bridgehead atoms. The number of carboxylic acid groups (broad SMARTS) is 1. The number of hydrogen-bond acceptors (Lipinski definition) is 9. The second-order valence-corrected chi connectivity index (χ2v) is 15.0. The number of hydrogen-bond donors (Lipinski definition) is 8. The van der Waals surface area contributed by atoms with E-state index in [2.05, 4.69) is 39.2 Å². The quantitative estimate of drug-likeness (QED) is 0.0826. The highest BCUT2D eigenvalue weighted by Gasteiger charge is 2.37. The molecular formula is C37H59N7O8S. The van der Waals surface area contributed by atoms with Crippen molar-refractivity contribution in [1.29, 1.82) is 0 Å². The zero-order valence-electron chi connectivity index (χ0n) is 31.7. The first-order chi connectivity index (χ1) is 25.0. The lowest BCUT2D eigenvalue weighted by molar-refractivity contribution is -0.144. The minimum Gasteiger partial charge on any atom is -0.480 e. The highest BCUT2D eigenvalue weighted by Crippen LogP contribution is 2.18. The summed E-state index contributed by atoms with van der Waals surface area (Å²) in [5, 5.41) is 22.8. The third kappa shape index (κ3) is 14.6. The Balaban J connectivity index is 2.14. The molecule has 0 spiro atoms. The maximum absolute atomic E-state index is 13.6. The standard InChI is InChI=1S/C37H59N7O8S/c1-7-23(6)31(37(51)52)43-35(49)28(20-53)42-36(50)29-14-11-15-44(29)30(45)19-39-33(47)27(18-24-12-9-8-10-13-24)41-34(48)26(17-22(4)5)40-32(46)25(38)16-21(2)3/h8-10,12-13,21-23,25-29,31,53H,7,11,14-20,38H2,1-6H3,(H,39,47)(H,40,46)(H,41,48)(H,42,50)(H,43,49)(H,51,52)/t23-,25-,26-,27-,28-,29-,31-/m0/s1. The van der Waals surface area contributed by atoms with E-state index in [0.29, 0.717) is 32.1 Å². The van der Waals surface area contributed by atoms with E-state index in [-0.39, 0.29) is 36.5 Å². The maximum Gasteiger partial charge on any atom is 0.326 e. The summed E-state index contributed by atoms with van der Waals surface area (Å²) in [7, 11) is 0. The van der Waals surface area contributed by atoms with Gasteiger partial charge in [-0.1, -0.05) is 78.3 Å². The Morgan fingerprint density at radius 1 is 0.830 bits per heavy atom. The number of rotatable bonds is 21. The molecule has 15 nitrogen and oxygen atoms in total. The summed E-state index contributed by atoms with van der Waals surface area (Å²) >= 11 is 4.18.